The van der Waals surface area contributed by atoms with Crippen molar-refractivity contribution in [1.29, 1.82) is 0 Å². The maximum Gasteiger partial charge on any atom is 0.264 e. The molecule has 1 aliphatic heterocycles. The smallest absolute Gasteiger partial charge is 0.264 e. The van der Waals surface area contributed by atoms with Crippen molar-refractivity contribution in [2.24, 2.45) is 0 Å². The number of hydrogen-bond donors (Lipinski definition) is 1. The second kappa shape index (κ2) is 7.98. The fourth-order valence-electron chi connectivity index (χ4n) is 2.53. The Labute approximate surface area is 168 Å². The summed E-state index contributed by atoms with van der Waals surface area (Å²) in [5.41, 5.74) is 1.67. The Morgan fingerprint density at radius 2 is 2.04 bits per heavy atom. The van der Waals surface area contributed by atoms with Gasteiger partial charge in [-0.3, -0.25) is 10.1 Å². The van der Waals surface area contributed by atoms with Gasteiger partial charge >= 0.3 is 0 Å². The van der Waals surface area contributed by atoms with E-state index >= 15 is 0 Å². The van der Waals surface area contributed by atoms with Crippen molar-refractivity contribution in [2.75, 3.05) is 25.1 Å². The van der Waals surface area contributed by atoms with Crippen LogP contribution in [0.25, 0.3) is 11.3 Å². The number of carbonyl (C=O) groups is 1. The van der Waals surface area contributed by atoms with Crippen LogP contribution in [0.4, 0.5) is 5.13 Å². The van der Waals surface area contributed by atoms with Crippen molar-refractivity contribution >= 4 is 38.3 Å². The standard InChI is InChI=1S/C19H15BrN2O4S/c20-13-2-1-3-14(9-13)26-10-18(23)22-19-21-15(11-27-19)12-4-5-16-17(8-12)25-7-6-24-16/h1-5,8-9,11H,6-7,10H2,(H,21,22,23). The largest absolute Gasteiger partial charge is 0.486 e. The summed E-state index contributed by atoms with van der Waals surface area (Å²) in [5, 5.41) is 5.16. The lowest BCUT2D eigenvalue weighted by molar-refractivity contribution is -0.118. The molecule has 4 rings (SSSR count). The summed E-state index contributed by atoms with van der Waals surface area (Å²) >= 11 is 4.72. The average Bonchev–Trinajstić information content (AvgIpc) is 3.14. The molecule has 0 bridgehead atoms. The van der Waals surface area contributed by atoms with Gasteiger partial charge < -0.3 is 14.2 Å². The Morgan fingerprint density at radius 3 is 2.89 bits per heavy atom. The number of fused-ring (bicyclic) bond motifs is 1. The summed E-state index contributed by atoms with van der Waals surface area (Å²) < 4.78 is 17.5. The topological polar surface area (TPSA) is 69.7 Å². The number of anilines is 1. The second-order valence-electron chi connectivity index (χ2n) is 5.69. The molecule has 0 saturated heterocycles. The zero-order chi connectivity index (χ0) is 18.6. The van der Waals surface area contributed by atoms with Gasteiger partial charge in [-0.25, -0.2) is 4.98 Å². The van der Waals surface area contributed by atoms with E-state index in [1.54, 1.807) is 12.1 Å². The summed E-state index contributed by atoms with van der Waals surface area (Å²) in [7, 11) is 0. The third kappa shape index (κ3) is 4.40. The van der Waals surface area contributed by atoms with E-state index in [0.717, 1.165) is 21.5 Å². The number of ether oxygens (including phenoxy) is 3. The van der Waals surface area contributed by atoms with Crippen LogP contribution in [0.5, 0.6) is 17.2 Å². The molecule has 1 amide bonds. The Balaban J connectivity index is 1.38. The van der Waals surface area contributed by atoms with Gasteiger partial charge in [0.2, 0.25) is 0 Å². The maximum absolute atomic E-state index is 12.1. The Hall–Kier alpha value is -2.58. The van der Waals surface area contributed by atoms with Crippen molar-refractivity contribution in [3.05, 3.63) is 52.3 Å². The first-order valence-electron chi connectivity index (χ1n) is 8.21. The van der Waals surface area contributed by atoms with Crippen LogP contribution in [0.3, 0.4) is 0 Å². The molecule has 0 atom stereocenters. The first-order valence-corrected chi connectivity index (χ1v) is 9.88. The van der Waals surface area contributed by atoms with E-state index in [0.29, 0.717) is 29.8 Å². The highest BCUT2D eigenvalue weighted by atomic mass is 79.9. The molecular formula is C19H15BrN2O4S. The van der Waals surface area contributed by atoms with Crippen LogP contribution in [-0.2, 0) is 4.79 Å². The summed E-state index contributed by atoms with van der Waals surface area (Å²) in [6, 6.07) is 13.0. The lowest BCUT2D eigenvalue weighted by Crippen LogP contribution is -2.20. The minimum atomic E-state index is -0.266. The fourth-order valence-corrected chi connectivity index (χ4v) is 3.64. The SMILES string of the molecule is O=C(COc1cccc(Br)c1)Nc1nc(-c2ccc3c(c2)OCCO3)cs1. The molecule has 2 aromatic carbocycles. The minimum absolute atomic E-state index is 0.0879. The van der Waals surface area contributed by atoms with Crippen molar-refractivity contribution in [3.63, 3.8) is 0 Å². The molecule has 0 unspecified atom stereocenters. The first-order chi connectivity index (χ1) is 13.2. The highest BCUT2D eigenvalue weighted by molar-refractivity contribution is 9.10. The predicted octanol–water partition coefficient (Wildman–Crippen LogP) is 4.36. The number of nitrogens with zero attached hydrogens (tertiary/aromatic N) is 1. The van der Waals surface area contributed by atoms with Crippen LogP contribution < -0.4 is 19.5 Å². The van der Waals surface area contributed by atoms with Crippen molar-refractivity contribution in [1.82, 2.24) is 4.98 Å². The molecule has 3 aromatic rings. The first kappa shape index (κ1) is 17.8. The second-order valence-corrected chi connectivity index (χ2v) is 7.46. The molecule has 0 radical (unpaired) electrons. The molecule has 2 heterocycles. The van der Waals surface area contributed by atoms with E-state index in [4.69, 9.17) is 14.2 Å². The molecule has 0 fully saturated rings. The van der Waals surface area contributed by atoms with E-state index < -0.39 is 0 Å². The van der Waals surface area contributed by atoms with Crippen LogP contribution in [-0.4, -0.2) is 30.7 Å². The van der Waals surface area contributed by atoms with Crippen LogP contribution in [0.1, 0.15) is 0 Å². The molecule has 8 heteroatoms. The normalized spacial score (nSPS) is 12.5. The number of amides is 1. The number of rotatable bonds is 5. The molecule has 1 aliphatic rings. The van der Waals surface area contributed by atoms with Crippen LogP contribution in [0.2, 0.25) is 0 Å². The third-order valence-electron chi connectivity index (χ3n) is 3.75. The monoisotopic (exact) mass is 446 g/mol. The summed E-state index contributed by atoms with van der Waals surface area (Å²) in [6.07, 6.45) is 0. The van der Waals surface area contributed by atoms with Crippen molar-refractivity contribution in [2.45, 2.75) is 0 Å². The van der Waals surface area contributed by atoms with Gasteiger partial charge in [-0.2, -0.15) is 0 Å². The van der Waals surface area contributed by atoms with E-state index in [2.05, 4.69) is 26.2 Å². The van der Waals surface area contributed by atoms with Crippen molar-refractivity contribution in [3.8, 4) is 28.5 Å². The Kier molecular flexibility index (Phi) is 5.26. The zero-order valence-corrected chi connectivity index (χ0v) is 16.5. The van der Waals surface area contributed by atoms with Gasteiger partial charge in [0.1, 0.15) is 19.0 Å². The lowest BCUT2D eigenvalue weighted by atomic mass is 10.1. The summed E-state index contributed by atoms with van der Waals surface area (Å²) in [4.78, 5) is 16.6. The molecule has 1 aromatic heterocycles. The molecular weight excluding hydrogens is 432 g/mol. The van der Waals surface area contributed by atoms with Crippen molar-refractivity contribution < 1.29 is 19.0 Å². The quantitative estimate of drug-likeness (QED) is 0.630. The van der Waals surface area contributed by atoms with Gasteiger partial charge in [0.25, 0.3) is 5.91 Å². The maximum atomic E-state index is 12.1. The number of carbonyl (C=O) groups excluding carboxylic acids is 1. The van der Waals surface area contributed by atoms with Crippen LogP contribution >= 0.6 is 27.3 Å². The third-order valence-corrected chi connectivity index (χ3v) is 5.01. The van der Waals surface area contributed by atoms with E-state index in [-0.39, 0.29) is 12.5 Å². The molecule has 27 heavy (non-hydrogen) atoms. The van der Waals surface area contributed by atoms with E-state index in [1.165, 1.54) is 11.3 Å². The summed E-state index contributed by atoms with van der Waals surface area (Å²) in [6.45, 7) is 1.00. The van der Waals surface area contributed by atoms with Crippen LogP contribution in [0, 0.1) is 0 Å². The van der Waals surface area contributed by atoms with E-state index in [1.807, 2.05) is 35.7 Å². The number of halogens is 1. The Bertz CT molecular complexity index is 976. The average molecular weight is 447 g/mol. The highest BCUT2D eigenvalue weighted by Gasteiger charge is 2.14. The van der Waals surface area contributed by atoms with Gasteiger partial charge in [0.05, 0.1) is 5.69 Å². The summed E-state index contributed by atoms with van der Waals surface area (Å²) in [5.74, 6) is 1.80. The molecule has 0 aliphatic carbocycles. The van der Waals surface area contributed by atoms with Gasteiger partial charge in [-0.05, 0) is 36.4 Å². The van der Waals surface area contributed by atoms with Gasteiger partial charge in [0, 0.05) is 15.4 Å². The minimum Gasteiger partial charge on any atom is -0.486 e. The number of nitrogens with one attached hydrogen (secondary N) is 1. The highest BCUT2D eigenvalue weighted by Crippen LogP contribution is 2.35. The molecule has 0 saturated carbocycles. The zero-order valence-electron chi connectivity index (χ0n) is 14.1. The Morgan fingerprint density at radius 1 is 1.19 bits per heavy atom. The molecule has 0 spiro atoms. The fraction of sp³-hybridized carbons (Fsp3) is 0.158. The number of benzene rings is 2. The molecule has 138 valence electrons. The molecule has 6 nitrogen and oxygen atoms in total. The number of hydrogen-bond acceptors (Lipinski definition) is 6. The van der Waals surface area contributed by atoms with Crippen LogP contribution in [0.15, 0.2) is 52.3 Å². The van der Waals surface area contributed by atoms with Gasteiger partial charge in [-0.1, -0.05) is 22.0 Å². The number of thiazole rings is 1. The van der Waals surface area contributed by atoms with E-state index in [9.17, 15) is 4.79 Å². The number of aromatic nitrogens is 1. The predicted molar refractivity (Wildman–Crippen MR) is 107 cm³/mol. The van der Waals surface area contributed by atoms with Gasteiger partial charge in [-0.15, -0.1) is 11.3 Å². The molecule has 1 N–H and O–H groups in total. The lowest BCUT2D eigenvalue weighted by Gasteiger charge is -2.18. The van der Waals surface area contributed by atoms with Gasteiger partial charge in [0.15, 0.2) is 23.2 Å².